The molecular formula is C18H33O6PS. The Morgan fingerprint density at radius 1 is 1.00 bits per heavy atom. The van der Waals surface area contributed by atoms with Gasteiger partial charge in [0.25, 0.3) is 0 Å². The van der Waals surface area contributed by atoms with Crippen molar-refractivity contribution in [1.29, 1.82) is 0 Å². The summed E-state index contributed by atoms with van der Waals surface area (Å²) in [4.78, 5) is 17.9. The summed E-state index contributed by atoms with van der Waals surface area (Å²) in [6, 6.07) is 0. The molecule has 3 N–H and O–H groups in total. The zero-order valence-corrected chi connectivity index (χ0v) is 17.8. The Bertz CT molecular complexity index is 655. The molecule has 0 heterocycles. The molecule has 0 aromatic heterocycles. The third-order valence-electron chi connectivity index (χ3n) is 4.03. The van der Waals surface area contributed by atoms with Crippen LogP contribution in [0.1, 0.15) is 66.2 Å². The summed E-state index contributed by atoms with van der Waals surface area (Å²) >= 11 is 0. The highest BCUT2D eigenvalue weighted by molar-refractivity contribution is 7.98. The fraction of sp³-hybridized carbons (Fsp3) is 0.667. The summed E-state index contributed by atoms with van der Waals surface area (Å²) in [5.74, 6) is 1.45. The molecule has 152 valence electrons. The fourth-order valence-corrected chi connectivity index (χ4v) is 4.26. The maximum Gasteiger partial charge on any atom is 0.370 e. The molecular weight excluding hydrogens is 375 g/mol. The van der Waals surface area contributed by atoms with Crippen LogP contribution in [0.15, 0.2) is 34.5 Å². The van der Waals surface area contributed by atoms with E-state index in [9.17, 15) is 13.0 Å². The minimum atomic E-state index is -5.05. The van der Waals surface area contributed by atoms with Crippen LogP contribution in [0.25, 0.3) is 0 Å². The molecule has 0 fully saturated rings. The molecule has 0 aromatic carbocycles. The zero-order chi connectivity index (χ0) is 20.4. The van der Waals surface area contributed by atoms with Crippen LogP contribution in [-0.4, -0.2) is 22.8 Å². The molecule has 0 saturated carbocycles. The summed E-state index contributed by atoms with van der Waals surface area (Å²) in [7, 11) is -9.99. The van der Waals surface area contributed by atoms with Gasteiger partial charge in [0.05, 0.1) is 0 Å². The summed E-state index contributed by atoms with van der Waals surface area (Å²) in [5, 5.41) is 0. The van der Waals surface area contributed by atoms with Crippen molar-refractivity contribution in [3.63, 3.8) is 0 Å². The molecule has 0 rings (SSSR count). The summed E-state index contributed by atoms with van der Waals surface area (Å²) in [6.07, 6.45) is 12.1. The van der Waals surface area contributed by atoms with Gasteiger partial charge in [-0.05, 0) is 37.7 Å². The van der Waals surface area contributed by atoms with Crippen molar-refractivity contribution in [1.82, 2.24) is 0 Å². The van der Waals surface area contributed by atoms with Crippen LogP contribution in [0.5, 0.6) is 0 Å². The van der Waals surface area contributed by atoms with Crippen LogP contribution in [0.3, 0.4) is 0 Å². The molecule has 8 heteroatoms. The van der Waals surface area contributed by atoms with Gasteiger partial charge in [0, 0.05) is 0 Å². The summed E-state index contributed by atoms with van der Waals surface area (Å²) < 4.78 is 40.5. The molecule has 0 bridgehead atoms. The SMILES string of the molecule is C/C(=C/C=C/C=C(\P(=O)(O)O)S(=O)(=O)O)CCCC(C)CCCC(C)C. The highest BCUT2D eigenvalue weighted by atomic mass is 32.2. The first kappa shape index (κ1) is 25.3. The Kier molecular flexibility index (Phi) is 11.6. The minimum Gasteiger partial charge on any atom is -0.320 e. The topological polar surface area (TPSA) is 112 Å². The van der Waals surface area contributed by atoms with E-state index in [1.54, 1.807) is 6.08 Å². The van der Waals surface area contributed by atoms with Crippen molar-refractivity contribution < 1.29 is 27.3 Å². The number of hydrogen-bond donors (Lipinski definition) is 3. The van der Waals surface area contributed by atoms with Crippen LogP contribution >= 0.6 is 7.60 Å². The van der Waals surface area contributed by atoms with Crippen molar-refractivity contribution in [2.24, 2.45) is 11.8 Å². The number of allylic oxidation sites excluding steroid dienone is 5. The third-order valence-corrected chi connectivity index (χ3v) is 6.82. The smallest absolute Gasteiger partial charge is 0.320 e. The van der Waals surface area contributed by atoms with Crippen LogP contribution < -0.4 is 0 Å². The van der Waals surface area contributed by atoms with E-state index in [0.717, 1.165) is 36.8 Å². The third kappa shape index (κ3) is 12.6. The van der Waals surface area contributed by atoms with Crippen molar-refractivity contribution in [3.05, 3.63) is 34.5 Å². The van der Waals surface area contributed by atoms with Crippen molar-refractivity contribution in [2.45, 2.75) is 66.2 Å². The van der Waals surface area contributed by atoms with Gasteiger partial charge in [-0.1, -0.05) is 70.3 Å². The fourth-order valence-electron chi connectivity index (χ4n) is 2.52. The lowest BCUT2D eigenvalue weighted by molar-refractivity contribution is 0.383. The Morgan fingerprint density at radius 3 is 2.04 bits per heavy atom. The molecule has 26 heavy (non-hydrogen) atoms. The summed E-state index contributed by atoms with van der Waals surface area (Å²) in [6.45, 7) is 8.69. The lowest BCUT2D eigenvalue weighted by Gasteiger charge is -2.12. The first-order valence-corrected chi connectivity index (χ1v) is 12.0. The average molecular weight is 408 g/mol. The second-order valence-electron chi connectivity index (χ2n) is 7.24. The van der Waals surface area contributed by atoms with Gasteiger partial charge in [0.2, 0.25) is 0 Å². The largest absolute Gasteiger partial charge is 0.370 e. The molecule has 0 aliphatic rings. The predicted octanol–water partition coefficient (Wildman–Crippen LogP) is 5.03. The Balaban J connectivity index is 4.46. The molecule has 0 radical (unpaired) electrons. The predicted molar refractivity (Wildman–Crippen MR) is 106 cm³/mol. The quantitative estimate of drug-likeness (QED) is 0.237. The van der Waals surface area contributed by atoms with Crippen molar-refractivity contribution >= 4 is 17.7 Å². The maximum absolute atomic E-state index is 11.1. The van der Waals surface area contributed by atoms with E-state index in [1.165, 1.54) is 31.4 Å². The van der Waals surface area contributed by atoms with Gasteiger partial charge in [0.1, 0.15) is 0 Å². The van der Waals surface area contributed by atoms with E-state index in [0.29, 0.717) is 5.92 Å². The van der Waals surface area contributed by atoms with Crippen molar-refractivity contribution in [2.75, 3.05) is 0 Å². The van der Waals surface area contributed by atoms with E-state index in [-0.39, 0.29) is 0 Å². The number of hydrogen-bond acceptors (Lipinski definition) is 3. The van der Waals surface area contributed by atoms with Gasteiger partial charge in [-0.3, -0.25) is 9.12 Å². The number of rotatable bonds is 12. The highest BCUT2D eigenvalue weighted by Gasteiger charge is 2.31. The molecule has 0 spiro atoms. The van der Waals surface area contributed by atoms with E-state index in [2.05, 4.69) is 20.8 Å². The standard InChI is InChI=1S/C18H33O6PS/c1-15(2)9-7-11-17(4)13-8-12-16(3)10-5-6-14-18(25(19,20)21)26(22,23)24/h5-6,10,14-15,17H,7-9,11-13H2,1-4H3,(H2,19,20,21)(H,22,23,24)/b6-5+,16-10-,18-14+. The first-order chi connectivity index (χ1) is 11.8. The van der Waals surface area contributed by atoms with Crippen LogP contribution in [0.2, 0.25) is 0 Å². The second-order valence-corrected chi connectivity index (χ2v) is 10.5. The van der Waals surface area contributed by atoms with Crippen LogP contribution in [0, 0.1) is 11.8 Å². The minimum absolute atomic E-state index is 0.695. The Hall–Kier alpha value is -0.720. The average Bonchev–Trinajstić information content (AvgIpc) is 2.43. The van der Waals surface area contributed by atoms with Gasteiger partial charge in [0.15, 0.2) is 4.65 Å². The van der Waals surface area contributed by atoms with E-state index in [1.807, 2.05) is 6.92 Å². The molecule has 0 saturated heterocycles. The second kappa shape index (κ2) is 11.9. The molecule has 0 aromatic rings. The molecule has 0 aliphatic heterocycles. The monoisotopic (exact) mass is 408 g/mol. The Morgan fingerprint density at radius 2 is 1.54 bits per heavy atom. The molecule has 0 aliphatic carbocycles. The van der Waals surface area contributed by atoms with E-state index < -0.39 is 22.4 Å². The highest BCUT2D eigenvalue weighted by Crippen LogP contribution is 2.47. The van der Waals surface area contributed by atoms with Crippen LogP contribution in [0.4, 0.5) is 0 Å². The van der Waals surface area contributed by atoms with E-state index in [4.69, 9.17) is 14.3 Å². The van der Waals surface area contributed by atoms with Gasteiger partial charge in [-0.25, -0.2) is 0 Å². The lowest BCUT2D eigenvalue weighted by atomic mass is 9.94. The molecule has 1 unspecified atom stereocenters. The van der Waals surface area contributed by atoms with Gasteiger partial charge < -0.3 is 9.79 Å². The normalized spacial score (nSPS) is 15.8. The van der Waals surface area contributed by atoms with E-state index >= 15 is 0 Å². The molecule has 0 amide bonds. The molecule has 6 nitrogen and oxygen atoms in total. The van der Waals surface area contributed by atoms with Gasteiger partial charge >= 0.3 is 17.7 Å². The maximum atomic E-state index is 11.1. The van der Waals surface area contributed by atoms with Gasteiger partial charge in [-0.15, -0.1) is 0 Å². The van der Waals surface area contributed by atoms with Crippen molar-refractivity contribution in [3.8, 4) is 0 Å². The van der Waals surface area contributed by atoms with Crippen LogP contribution in [-0.2, 0) is 14.7 Å². The zero-order valence-electron chi connectivity index (χ0n) is 16.1. The molecule has 1 atom stereocenters. The summed E-state index contributed by atoms with van der Waals surface area (Å²) in [5.41, 5.74) is 1.09. The van der Waals surface area contributed by atoms with Gasteiger partial charge in [-0.2, -0.15) is 8.42 Å². The lowest BCUT2D eigenvalue weighted by Crippen LogP contribution is -2.02. The Labute approximate surface area is 158 Å². The first-order valence-electron chi connectivity index (χ1n) is 8.91.